The second-order valence-electron chi connectivity index (χ2n) is 9.71. The van der Waals surface area contributed by atoms with Crippen LogP contribution in [0.4, 0.5) is 13.2 Å². The first kappa shape index (κ1) is 25.8. The van der Waals surface area contributed by atoms with Crippen LogP contribution in [0.25, 0.3) is 0 Å². The molecule has 1 atom stereocenters. The number of aryl methyl sites for hydroxylation is 1. The summed E-state index contributed by atoms with van der Waals surface area (Å²) in [4.78, 5) is 0. The van der Waals surface area contributed by atoms with Crippen LogP contribution in [0.5, 0.6) is 0 Å². The van der Waals surface area contributed by atoms with E-state index in [0.29, 0.717) is 23.5 Å². The summed E-state index contributed by atoms with van der Waals surface area (Å²) in [6.45, 7) is 5.75. The summed E-state index contributed by atoms with van der Waals surface area (Å²) >= 11 is 0. The molecule has 3 rings (SSSR count). The van der Waals surface area contributed by atoms with Gasteiger partial charge in [-0.25, -0.2) is 4.39 Å². The highest BCUT2D eigenvalue weighted by molar-refractivity contribution is 5.29. The van der Waals surface area contributed by atoms with Gasteiger partial charge in [0.1, 0.15) is 5.82 Å². The van der Waals surface area contributed by atoms with Crippen LogP contribution in [0.2, 0.25) is 0 Å². The second-order valence-corrected chi connectivity index (χ2v) is 9.71. The van der Waals surface area contributed by atoms with Crippen LogP contribution in [0.15, 0.2) is 42.5 Å². The maximum Gasteiger partial charge on any atom is 0.383 e. The van der Waals surface area contributed by atoms with Crippen LogP contribution >= 0.6 is 0 Å². The van der Waals surface area contributed by atoms with Crippen LogP contribution in [-0.4, -0.2) is 0 Å². The van der Waals surface area contributed by atoms with Crippen molar-refractivity contribution in [2.24, 2.45) is 5.92 Å². The van der Waals surface area contributed by atoms with E-state index >= 15 is 0 Å². The van der Waals surface area contributed by atoms with Crippen molar-refractivity contribution in [3.8, 4) is 0 Å². The molecule has 0 spiro atoms. The van der Waals surface area contributed by atoms with Gasteiger partial charge in [0.15, 0.2) is 0 Å². The highest BCUT2D eigenvalue weighted by atomic mass is 19.3. The van der Waals surface area contributed by atoms with Gasteiger partial charge in [-0.15, -0.1) is 0 Å². The Hall–Kier alpha value is -1.81. The van der Waals surface area contributed by atoms with Crippen molar-refractivity contribution in [1.29, 1.82) is 0 Å². The number of alkyl halides is 2. The highest BCUT2D eigenvalue weighted by Crippen LogP contribution is 2.40. The van der Waals surface area contributed by atoms with Crippen LogP contribution in [0, 0.1) is 11.7 Å². The van der Waals surface area contributed by atoms with Crippen LogP contribution in [0.1, 0.15) is 113 Å². The van der Waals surface area contributed by atoms with Gasteiger partial charge in [0.2, 0.25) is 0 Å². The van der Waals surface area contributed by atoms with E-state index in [1.807, 2.05) is 19.1 Å². The average molecular weight is 461 g/mol. The molecule has 0 aromatic heterocycles. The molecule has 4 heteroatoms. The molecule has 2 aromatic rings. The van der Waals surface area contributed by atoms with Crippen molar-refractivity contribution >= 4 is 0 Å². The van der Waals surface area contributed by atoms with Crippen LogP contribution < -0.4 is 0 Å². The van der Waals surface area contributed by atoms with Gasteiger partial charge in [-0.3, -0.25) is 0 Å². The predicted octanol–water partition coefficient (Wildman–Crippen LogP) is 9.46. The summed E-state index contributed by atoms with van der Waals surface area (Å²) in [5, 5.41) is 0. The monoisotopic (exact) mass is 460 g/mol. The summed E-state index contributed by atoms with van der Waals surface area (Å²) in [5.74, 6) is 0.921. The Morgan fingerprint density at radius 2 is 1.64 bits per heavy atom. The third-order valence-corrected chi connectivity index (χ3v) is 7.17. The fourth-order valence-corrected chi connectivity index (χ4v) is 5.06. The topological polar surface area (TPSA) is 9.23 Å². The lowest BCUT2D eigenvalue weighted by atomic mass is 9.77. The van der Waals surface area contributed by atoms with Gasteiger partial charge in [0, 0.05) is 0 Å². The summed E-state index contributed by atoms with van der Waals surface area (Å²) in [6.07, 6.45) is 7.07. The molecule has 0 saturated heterocycles. The standard InChI is InChI=1S/C29H39F3O/c1-4-6-7-9-22-10-12-23(13-11-22)24-16-18-27(19-17-24)29(31,32)33-21(3)26-15-14-25(8-5-2)28(30)20-26/h14-23H,4-13H2,1-3H3. The van der Waals surface area contributed by atoms with Gasteiger partial charge in [0.05, 0.1) is 11.7 Å². The Kier molecular flexibility index (Phi) is 9.43. The van der Waals surface area contributed by atoms with Crippen molar-refractivity contribution in [1.82, 2.24) is 0 Å². The molecule has 1 saturated carbocycles. The molecular formula is C29H39F3O. The zero-order valence-corrected chi connectivity index (χ0v) is 20.4. The summed E-state index contributed by atoms with van der Waals surface area (Å²) in [6, 6.07) is 11.3. The Morgan fingerprint density at radius 1 is 0.939 bits per heavy atom. The van der Waals surface area contributed by atoms with Gasteiger partial charge in [-0.1, -0.05) is 82.3 Å². The number of ether oxygens (including phenoxy) is 1. The molecule has 0 N–H and O–H groups in total. The minimum absolute atomic E-state index is 0.158. The molecule has 0 aliphatic heterocycles. The maximum atomic E-state index is 14.8. The third kappa shape index (κ3) is 7.09. The number of rotatable bonds is 11. The van der Waals surface area contributed by atoms with Crippen molar-refractivity contribution in [3.05, 3.63) is 70.5 Å². The van der Waals surface area contributed by atoms with Crippen molar-refractivity contribution < 1.29 is 17.9 Å². The fourth-order valence-electron chi connectivity index (χ4n) is 5.06. The first-order valence-electron chi connectivity index (χ1n) is 12.8. The number of benzene rings is 2. The van der Waals surface area contributed by atoms with E-state index in [-0.39, 0.29) is 11.4 Å². The number of halogens is 3. The van der Waals surface area contributed by atoms with Gasteiger partial charge in [-0.2, -0.15) is 8.78 Å². The number of hydrogen-bond donors (Lipinski definition) is 0. The second kappa shape index (κ2) is 12.1. The number of unbranched alkanes of at least 4 members (excludes halogenated alkanes) is 2. The molecule has 33 heavy (non-hydrogen) atoms. The van der Waals surface area contributed by atoms with Crippen LogP contribution in [-0.2, 0) is 17.3 Å². The Labute approximate surface area is 197 Å². The Bertz CT molecular complexity index is 854. The SMILES string of the molecule is CCCCCC1CCC(c2ccc(C(F)(F)OC(C)c3ccc(CCC)c(F)c3)cc2)CC1. The zero-order chi connectivity index (χ0) is 23.8. The molecule has 1 fully saturated rings. The third-order valence-electron chi connectivity index (χ3n) is 7.17. The minimum atomic E-state index is -3.44. The van der Waals surface area contributed by atoms with Gasteiger partial charge in [-0.05, 0) is 73.6 Å². The van der Waals surface area contributed by atoms with E-state index in [1.165, 1.54) is 63.6 Å². The van der Waals surface area contributed by atoms with E-state index < -0.39 is 12.2 Å². The molecule has 0 amide bonds. The quantitative estimate of drug-likeness (QED) is 0.303. The fraction of sp³-hybridized carbons (Fsp3) is 0.586. The van der Waals surface area contributed by atoms with Crippen molar-refractivity contribution in [2.75, 3.05) is 0 Å². The lowest BCUT2D eigenvalue weighted by Crippen LogP contribution is -2.21. The van der Waals surface area contributed by atoms with E-state index in [9.17, 15) is 13.2 Å². The molecular weight excluding hydrogens is 421 g/mol. The first-order chi connectivity index (χ1) is 15.8. The van der Waals surface area contributed by atoms with Crippen LogP contribution in [0.3, 0.4) is 0 Å². The molecule has 2 aromatic carbocycles. The molecule has 0 bridgehead atoms. The Morgan fingerprint density at radius 3 is 2.24 bits per heavy atom. The van der Waals surface area contributed by atoms with Gasteiger partial charge < -0.3 is 4.74 Å². The first-order valence-corrected chi connectivity index (χ1v) is 12.8. The normalized spacial score (nSPS) is 20.1. The molecule has 1 unspecified atom stereocenters. The Balaban J connectivity index is 1.57. The van der Waals surface area contributed by atoms with E-state index in [0.717, 1.165) is 30.7 Å². The molecule has 1 aliphatic rings. The van der Waals surface area contributed by atoms with E-state index in [4.69, 9.17) is 4.74 Å². The van der Waals surface area contributed by atoms with Crippen molar-refractivity contribution in [3.63, 3.8) is 0 Å². The summed E-state index contributed by atoms with van der Waals surface area (Å²) < 4.78 is 49.0. The molecule has 1 aliphatic carbocycles. The smallest absolute Gasteiger partial charge is 0.309 e. The average Bonchev–Trinajstić information content (AvgIpc) is 2.81. The summed E-state index contributed by atoms with van der Waals surface area (Å²) in [5.41, 5.74) is 2.00. The molecule has 0 heterocycles. The van der Waals surface area contributed by atoms with Gasteiger partial charge in [0.25, 0.3) is 0 Å². The van der Waals surface area contributed by atoms with Gasteiger partial charge >= 0.3 is 6.11 Å². The number of hydrogen-bond acceptors (Lipinski definition) is 1. The minimum Gasteiger partial charge on any atom is -0.309 e. The van der Waals surface area contributed by atoms with E-state index in [1.54, 1.807) is 12.1 Å². The van der Waals surface area contributed by atoms with E-state index in [2.05, 4.69) is 6.92 Å². The molecule has 0 radical (unpaired) electrons. The summed E-state index contributed by atoms with van der Waals surface area (Å²) in [7, 11) is 0. The lowest BCUT2D eigenvalue weighted by molar-refractivity contribution is -0.272. The largest absolute Gasteiger partial charge is 0.383 e. The lowest BCUT2D eigenvalue weighted by Gasteiger charge is -2.29. The maximum absolute atomic E-state index is 14.8. The molecule has 182 valence electrons. The highest BCUT2D eigenvalue weighted by Gasteiger charge is 2.35. The zero-order valence-electron chi connectivity index (χ0n) is 20.4. The molecule has 1 nitrogen and oxygen atoms in total. The van der Waals surface area contributed by atoms with Crippen molar-refractivity contribution in [2.45, 2.75) is 103 Å². The predicted molar refractivity (Wildman–Crippen MR) is 129 cm³/mol.